The van der Waals surface area contributed by atoms with E-state index in [2.05, 4.69) is 4.72 Å². The minimum atomic E-state index is -3.93. The molecule has 104 valence electrons. The highest BCUT2D eigenvalue weighted by Gasteiger charge is 2.19. The Morgan fingerprint density at radius 1 is 1.35 bits per heavy atom. The Morgan fingerprint density at radius 2 is 2.10 bits per heavy atom. The molecule has 0 bridgehead atoms. The van der Waals surface area contributed by atoms with Gasteiger partial charge in [0.05, 0.1) is 12.8 Å². The third kappa shape index (κ3) is 2.89. The SMILES string of the molecule is COc1ccc(F)c(NS(=O)(=O)c2ccc(C#N)s2)c1. The van der Waals surface area contributed by atoms with Gasteiger partial charge in [0.1, 0.15) is 26.7 Å². The number of nitrogens with zero attached hydrogens (tertiary/aromatic N) is 1. The number of anilines is 1. The van der Waals surface area contributed by atoms with E-state index in [1.54, 1.807) is 0 Å². The molecule has 0 saturated carbocycles. The van der Waals surface area contributed by atoms with Gasteiger partial charge in [0.2, 0.25) is 0 Å². The lowest BCUT2D eigenvalue weighted by Crippen LogP contribution is -2.12. The van der Waals surface area contributed by atoms with Crippen LogP contribution in [0.5, 0.6) is 5.75 Å². The number of thiophene rings is 1. The predicted molar refractivity (Wildman–Crippen MR) is 72.8 cm³/mol. The lowest BCUT2D eigenvalue weighted by atomic mass is 10.3. The van der Waals surface area contributed by atoms with E-state index in [-0.39, 0.29) is 14.8 Å². The molecule has 2 aromatic rings. The summed E-state index contributed by atoms with van der Waals surface area (Å²) in [7, 11) is -2.54. The number of nitriles is 1. The van der Waals surface area contributed by atoms with Crippen molar-refractivity contribution in [3.63, 3.8) is 0 Å². The zero-order valence-electron chi connectivity index (χ0n) is 10.3. The highest BCUT2D eigenvalue weighted by atomic mass is 32.2. The molecule has 0 unspecified atom stereocenters. The van der Waals surface area contributed by atoms with Crippen molar-refractivity contribution in [2.75, 3.05) is 11.8 Å². The fourth-order valence-corrected chi connectivity index (χ4v) is 3.59. The van der Waals surface area contributed by atoms with Crippen molar-refractivity contribution in [1.82, 2.24) is 0 Å². The lowest BCUT2D eigenvalue weighted by molar-refractivity contribution is 0.414. The van der Waals surface area contributed by atoms with Crippen LogP contribution < -0.4 is 9.46 Å². The second-order valence-corrected chi connectivity index (χ2v) is 6.67. The van der Waals surface area contributed by atoms with E-state index in [1.165, 1.54) is 31.4 Å². The molecule has 1 N–H and O–H groups in total. The molecule has 0 spiro atoms. The normalized spacial score (nSPS) is 10.8. The zero-order chi connectivity index (χ0) is 14.8. The molecule has 0 atom stereocenters. The number of benzene rings is 1. The van der Waals surface area contributed by atoms with Crippen molar-refractivity contribution in [1.29, 1.82) is 5.26 Å². The first-order valence-corrected chi connectivity index (χ1v) is 7.62. The monoisotopic (exact) mass is 312 g/mol. The van der Waals surface area contributed by atoms with E-state index in [1.807, 2.05) is 6.07 Å². The summed E-state index contributed by atoms with van der Waals surface area (Å²) in [5.74, 6) is -0.389. The van der Waals surface area contributed by atoms with Gasteiger partial charge in [0.15, 0.2) is 0 Å². The minimum Gasteiger partial charge on any atom is -0.497 e. The van der Waals surface area contributed by atoms with Crippen LogP contribution in [0.1, 0.15) is 4.88 Å². The zero-order valence-corrected chi connectivity index (χ0v) is 11.9. The number of hydrogen-bond acceptors (Lipinski definition) is 5. The molecule has 5 nitrogen and oxygen atoms in total. The van der Waals surface area contributed by atoms with Gasteiger partial charge in [-0.2, -0.15) is 5.26 Å². The van der Waals surface area contributed by atoms with E-state index < -0.39 is 15.8 Å². The fourth-order valence-electron chi connectivity index (χ4n) is 1.43. The number of methoxy groups -OCH3 is 1. The molecule has 0 aliphatic heterocycles. The number of nitrogens with one attached hydrogen (secondary N) is 1. The first kappa shape index (κ1) is 14.3. The summed E-state index contributed by atoms with van der Waals surface area (Å²) in [5, 5.41) is 8.69. The van der Waals surface area contributed by atoms with Crippen LogP contribution >= 0.6 is 11.3 Å². The van der Waals surface area contributed by atoms with Crippen LogP contribution in [0.15, 0.2) is 34.5 Å². The molecule has 2 rings (SSSR count). The second-order valence-electron chi connectivity index (χ2n) is 3.68. The summed E-state index contributed by atoms with van der Waals surface area (Å²) in [6.07, 6.45) is 0. The van der Waals surface area contributed by atoms with E-state index in [9.17, 15) is 12.8 Å². The van der Waals surface area contributed by atoms with Crippen LogP contribution in [0.3, 0.4) is 0 Å². The first-order chi connectivity index (χ1) is 9.46. The van der Waals surface area contributed by atoms with E-state index in [0.29, 0.717) is 5.75 Å². The van der Waals surface area contributed by atoms with Gasteiger partial charge >= 0.3 is 0 Å². The van der Waals surface area contributed by atoms with Crippen LogP contribution in [0.25, 0.3) is 0 Å². The molecule has 8 heteroatoms. The highest BCUT2D eigenvalue weighted by molar-refractivity contribution is 7.94. The molecule has 1 aromatic heterocycles. The molecule has 1 heterocycles. The van der Waals surface area contributed by atoms with E-state index >= 15 is 0 Å². The van der Waals surface area contributed by atoms with Crippen LogP contribution in [0.4, 0.5) is 10.1 Å². The third-order valence-electron chi connectivity index (χ3n) is 2.37. The van der Waals surface area contributed by atoms with Crippen LogP contribution in [0.2, 0.25) is 0 Å². The molecule has 0 fully saturated rings. The summed E-state index contributed by atoms with van der Waals surface area (Å²) in [6.45, 7) is 0. The van der Waals surface area contributed by atoms with Crippen molar-refractivity contribution in [3.05, 3.63) is 41.0 Å². The maximum atomic E-state index is 13.6. The van der Waals surface area contributed by atoms with Crippen molar-refractivity contribution in [2.45, 2.75) is 4.21 Å². The van der Waals surface area contributed by atoms with Crippen LogP contribution in [-0.4, -0.2) is 15.5 Å². The van der Waals surface area contributed by atoms with Gasteiger partial charge < -0.3 is 4.74 Å². The molecule has 0 radical (unpaired) electrons. The van der Waals surface area contributed by atoms with Gasteiger partial charge in [-0.15, -0.1) is 11.3 Å². The summed E-state index contributed by atoms with van der Waals surface area (Å²) < 4.78 is 44.7. The smallest absolute Gasteiger partial charge is 0.271 e. The van der Waals surface area contributed by atoms with Gasteiger partial charge in [0, 0.05) is 6.07 Å². The Hall–Kier alpha value is -2.11. The second kappa shape index (κ2) is 5.48. The molecular formula is C12H9FN2O3S2. The average molecular weight is 312 g/mol. The molecule has 20 heavy (non-hydrogen) atoms. The Morgan fingerprint density at radius 3 is 2.70 bits per heavy atom. The Labute approximate surface area is 119 Å². The minimum absolute atomic E-state index is 0.0590. The quantitative estimate of drug-likeness (QED) is 0.941. The summed E-state index contributed by atoms with van der Waals surface area (Å²) >= 11 is 0.810. The Balaban J connectivity index is 2.35. The fraction of sp³-hybridized carbons (Fsp3) is 0.0833. The largest absolute Gasteiger partial charge is 0.497 e. The molecule has 0 saturated heterocycles. The first-order valence-electron chi connectivity index (χ1n) is 5.32. The summed E-state index contributed by atoms with van der Waals surface area (Å²) in [5.41, 5.74) is -0.212. The molecule has 0 amide bonds. The summed E-state index contributed by atoms with van der Waals surface area (Å²) in [4.78, 5) is 0.261. The third-order valence-corrected chi connectivity index (χ3v) is 5.22. The maximum absolute atomic E-state index is 13.6. The number of rotatable bonds is 4. The topological polar surface area (TPSA) is 79.2 Å². The average Bonchev–Trinajstić information content (AvgIpc) is 2.91. The van der Waals surface area contributed by atoms with Gasteiger partial charge in [-0.3, -0.25) is 4.72 Å². The Kier molecular flexibility index (Phi) is 3.92. The molecule has 0 aliphatic rings. The van der Waals surface area contributed by atoms with Gasteiger partial charge in [0.25, 0.3) is 10.0 Å². The van der Waals surface area contributed by atoms with Crippen molar-refractivity contribution in [2.24, 2.45) is 0 Å². The number of halogens is 1. The van der Waals surface area contributed by atoms with Crippen molar-refractivity contribution in [3.8, 4) is 11.8 Å². The van der Waals surface area contributed by atoms with Crippen LogP contribution in [-0.2, 0) is 10.0 Å². The molecule has 0 aliphatic carbocycles. The standard InChI is InChI=1S/C12H9FN2O3S2/c1-18-8-2-4-10(13)11(6-8)15-20(16,17)12-5-3-9(7-14)19-12/h2-6,15H,1H3. The van der Waals surface area contributed by atoms with Gasteiger partial charge in [-0.1, -0.05) is 0 Å². The lowest BCUT2D eigenvalue weighted by Gasteiger charge is -2.08. The van der Waals surface area contributed by atoms with E-state index in [4.69, 9.17) is 10.00 Å². The number of ether oxygens (including phenoxy) is 1. The highest BCUT2D eigenvalue weighted by Crippen LogP contribution is 2.27. The number of sulfonamides is 1. The van der Waals surface area contributed by atoms with Gasteiger partial charge in [-0.05, 0) is 24.3 Å². The number of hydrogen-bond donors (Lipinski definition) is 1. The van der Waals surface area contributed by atoms with Crippen molar-refractivity contribution < 1.29 is 17.5 Å². The Bertz CT molecular complexity index is 778. The molecular weight excluding hydrogens is 303 g/mol. The predicted octanol–water partition coefficient (Wildman–Crippen LogP) is 2.57. The van der Waals surface area contributed by atoms with Crippen molar-refractivity contribution >= 4 is 27.0 Å². The molecule has 1 aromatic carbocycles. The van der Waals surface area contributed by atoms with Gasteiger partial charge in [-0.25, -0.2) is 12.8 Å². The summed E-state index contributed by atoms with van der Waals surface area (Å²) in [6, 6.07) is 8.26. The van der Waals surface area contributed by atoms with E-state index in [0.717, 1.165) is 17.4 Å². The van der Waals surface area contributed by atoms with Crippen LogP contribution in [0, 0.1) is 17.1 Å². The maximum Gasteiger partial charge on any atom is 0.271 e.